The van der Waals surface area contributed by atoms with Gasteiger partial charge < -0.3 is 0 Å². The third-order valence-corrected chi connectivity index (χ3v) is 3.16. The van der Waals surface area contributed by atoms with Crippen LogP contribution in [-0.2, 0) is 17.3 Å². The zero-order valence-corrected chi connectivity index (χ0v) is 12.5. The van der Waals surface area contributed by atoms with Crippen LogP contribution in [0.2, 0.25) is 0 Å². The highest BCUT2D eigenvalue weighted by molar-refractivity contribution is 5.37. The highest BCUT2D eigenvalue weighted by Gasteiger charge is 2.20. The van der Waals surface area contributed by atoms with Gasteiger partial charge in [0.1, 0.15) is 0 Å². The van der Waals surface area contributed by atoms with Gasteiger partial charge in [-0.1, -0.05) is 66.7 Å². The molecule has 0 unspecified atom stereocenters. The van der Waals surface area contributed by atoms with Crippen LogP contribution in [0.25, 0.3) is 0 Å². The van der Waals surface area contributed by atoms with E-state index in [4.69, 9.17) is 0 Å². The van der Waals surface area contributed by atoms with Crippen LogP contribution in [0.5, 0.6) is 0 Å². The van der Waals surface area contributed by atoms with E-state index in [1.54, 1.807) is 0 Å². The summed E-state index contributed by atoms with van der Waals surface area (Å²) in [4.78, 5) is 0. The Morgan fingerprint density at radius 1 is 0.824 bits per heavy atom. The van der Waals surface area contributed by atoms with E-state index in [1.165, 1.54) is 16.7 Å². The molecule has 0 heteroatoms. The molecule has 0 aliphatic rings. The first-order valence-corrected chi connectivity index (χ1v) is 6.57. The Hall–Kier alpha value is -0.780. The molecule has 1 aromatic carbocycles. The largest absolute Gasteiger partial charge is 0.0619 e. The van der Waals surface area contributed by atoms with Gasteiger partial charge in [0.15, 0.2) is 0 Å². The maximum absolute atomic E-state index is 2.37. The lowest BCUT2D eigenvalue weighted by molar-refractivity contribution is 0.567. The van der Waals surface area contributed by atoms with Crippen molar-refractivity contribution in [2.24, 2.45) is 0 Å². The molecule has 0 aromatic heterocycles. The third kappa shape index (κ3) is 3.87. The quantitative estimate of drug-likeness (QED) is 0.668. The van der Waals surface area contributed by atoms with Crippen molar-refractivity contribution in [3.05, 3.63) is 41.3 Å². The maximum atomic E-state index is 2.37. The molecule has 0 saturated heterocycles. The van der Waals surface area contributed by atoms with Crippen molar-refractivity contribution in [3.63, 3.8) is 0 Å². The van der Waals surface area contributed by atoms with Gasteiger partial charge in [-0.25, -0.2) is 0 Å². The average molecular weight is 231 g/mol. The van der Waals surface area contributed by atoms with E-state index in [1.807, 2.05) is 0 Å². The molecule has 0 heterocycles. The summed E-state index contributed by atoms with van der Waals surface area (Å²) in [5.74, 6) is 0. The van der Waals surface area contributed by atoms with Crippen LogP contribution >= 0.6 is 0 Å². The van der Waals surface area contributed by atoms with Crippen LogP contribution in [0.3, 0.4) is 0 Å². The zero-order chi connectivity index (χ0) is 13.3. The predicted molar refractivity (Wildman–Crippen MR) is 77.5 cm³/mol. The molecule has 1 rings (SSSR count). The van der Waals surface area contributed by atoms with Crippen LogP contribution in [0, 0.1) is 6.42 Å². The Labute approximate surface area is 107 Å². The van der Waals surface area contributed by atoms with Crippen molar-refractivity contribution >= 4 is 0 Å². The average Bonchev–Trinajstić information content (AvgIpc) is 2.15. The second kappa shape index (κ2) is 4.84. The van der Waals surface area contributed by atoms with Crippen molar-refractivity contribution in [3.8, 4) is 0 Å². The maximum Gasteiger partial charge on any atom is -0.0132 e. The van der Waals surface area contributed by atoms with Crippen molar-refractivity contribution in [2.45, 2.75) is 65.7 Å². The highest BCUT2D eigenvalue weighted by atomic mass is 14.2. The molecule has 0 bridgehead atoms. The minimum absolute atomic E-state index is 0.226. The van der Waals surface area contributed by atoms with E-state index >= 15 is 0 Å². The van der Waals surface area contributed by atoms with Gasteiger partial charge in [0.25, 0.3) is 0 Å². The number of benzene rings is 1. The molecule has 95 valence electrons. The summed E-state index contributed by atoms with van der Waals surface area (Å²) in [5.41, 5.74) is 4.78. The molecule has 0 fully saturated rings. The predicted octanol–water partition coefficient (Wildman–Crippen LogP) is 5.05. The van der Waals surface area contributed by atoms with Gasteiger partial charge in [-0.15, -0.1) is 0 Å². The van der Waals surface area contributed by atoms with Gasteiger partial charge in [0.2, 0.25) is 0 Å². The first-order chi connectivity index (χ1) is 7.64. The molecule has 0 spiro atoms. The normalized spacial score (nSPS) is 12.9. The standard InChI is InChI=1S/C17H27/c1-8-9-13-10-14(16(2,3)4)12-15(11-13)17(5,6)7/h8,10-12H,9H2,1-7H3. The lowest BCUT2D eigenvalue weighted by Gasteiger charge is -2.26. The molecular weight excluding hydrogens is 204 g/mol. The van der Waals surface area contributed by atoms with Crippen LogP contribution in [-0.4, -0.2) is 0 Å². The molecule has 0 saturated carbocycles. The van der Waals surface area contributed by atoms with Crippen molar-refractivity contribution in [1.82, 2.24) is 0 Å². The molecule has 1 aromatic rings. The van der Waals surface area contributed by atoms with Gasteiger partial charge >= 0.3 is 0 Å². The summed E-state index contributed by atoms with van der Waals surface area (Å²) in [6, 6.07) is 7.09. The monoisotopic (exact) mass is 231 g/mol. The van der Waals surface area contributed by atoms with E-state index in [0.29, 0.717) is 0 Å². The van der Waals surface area contributed by atoms with Gasteiger partial charge in [0, 0.05) is 0 Å². The second-order valence-corrected chi connectivity index (χ2v) is 7.03. The number of hydrogen-bond acceptors (Lipinski definition) is 0. The summed E-state index contributed by atoms with van der Waals surface area (Å²) >= 11 is 0. The lowest BCUT2D eigenvalue weighted by atomic mass is 9.79. The van der Waals surface area contributed by atoms with Crippen molar-refractivity contribution in [1.29, 1.82) is 0 Å². The Kier molecular flexibility index (Phi) is 4.06. The fourth-order valence-corrected chi connectivity index (χ4v) is 1.91. The van der Waals surface area contributed by atoms with E-state index in [-0.39, 0.29) is 10.8 Å². The van der Waals surface area contributed by atoms with Crippen LogP contribution in [0.15, 0.2) is 18.2 Å². The summed E-state index contributed by atoms with van der Waals surface area (Å²) in [5, 5.41) is 0. The first kappa shape index (κ1) is 14.3. The molecule has 0 aliphatic carbocycles. The molecule has 0 aliphatic heterocycles. The van der Waals surface area contributed by atoms with Crippen LogP contribution in [0.4, 0.5) is 0 Å². The van der Waals surface area contributed by atoms with Crippen LogP contribution in [0.1, 0.15) is 65.2 Å². The SMILES string of the molecule is C[CH]Cc1cc(C(C)(C)C)cc(C(C)(C)C)c1. The molecule has 17 heavy (non-hydrogen) atoms. The van der Waals surface area contributed by atoms with Gasteiger partial charge in [-0.3, -0.25) is 0 Å². The Balaban J connectivity index is 3.29. The Morgan fingerprint density at radius 2 is 1.24 bits per heavy atom. The first-order valence-electron chi connectivity index (χ1n) is 6.57. The number of hydrogen-bond donors (Lipinski definition) is 0. The van der Waals surface area contributed by atoms with Crippen LogP contribution < -0.4 is 0 Å². The lowest BCUT2D eigenvalue weighted by Crippen LogP contribution is -2.17. The summed E-state index contributed by atoms with van der Waals surface area (Å²) in [7, 11) is 0. The molecule has 0 nitrogen and oxygen atoms in total. The minimum Gasteiger partial charge on any atom is -0.0619 e. The molecule has 0 atom stereocenters. The molecule has 1 radical (unpaired) electrons. The van der Waals surface area contributed by atoms with E-state index in [0.717, 1.165) is 6.42 Å². The Morgan fingerprint density at radius 3 is 1.53 bits per heavy atom. The van der Waals surface area contributed by atoms with Crippen molar-refractivity contribution < 1.29 is 0 Å². The smallest absolute Gasteiger partial charge is 0.0132 e. The fraction of sp³-hybridized carbons (Fsp3) is 0.588. The van der Waals surface area contributed by atoms with Gasteiger partial charge in [-0.2, -0.15) is 0 Å². The molecular formula is C17H27. The van der Waals surface area contributed by atoms with E-state index < -0.39 is 0 Å². The summed E-state index contributed by atoms with van der Waals surface area (Å²) in [6.45, 7) is 15.8. The zero-order valence-electron chi connectivity index (χ0n) is 12.5. The van der Waals surface area contributed by atoms with E-state index in [9.17, 15) is 0 Å². The Bertz CT molecular complexity index is 340. The minimum atomic E-state index is 0.226. The number of rotatable bonds is 2. The topological polar surface area (TPSA) is 0 Å². The summed E-state index contributed by atoms with van der Waals surface area (Å²) in [6.07, 6.45) is 3.29. The third-order valence-electron chi connectivity index (χ3n) is 3.16. The highest BCUT2D eigenvalue weighted by Crippen LogP contribution is 2.30. The van der Waals surface area contributed by atoms with Gasteiger partial charge in [-0.05, 0) is 40.4 Å². The molecule has 0 amide bonds. The summed E-state index contributed by atoms with van der Waals surface area (Å²) < 4.78 is 0. The van der Waals surface area contributed by atoms with Crippen molar-refractivity contribution in [2.75, 3.05) is 0 Å². The fourth-order valence-electron chi connectivity index (χ4n) is 1.91. The molecule has 0 N–H and O–H groups in total. The van der Waals surface area contributed by atoms with Gasteiger partial charge in [0.05, 0.1) is 0 Å². The van der Waals surface area contributed by atoms with E-state index in [2.05, 4.69) is 73.1 Å². The second-order valence-electron chi connectivity index (χ2n) is 7.03.